The van der Waals surface area contributed by atoms with Crippen LogP contribution >= 0.6 is 28.3 Å². The second-order valence-electron chi connectivity index (χ2n) is 3.04. The first-order valence-electron chi connectivity index (χ1n) is 4.27. The minimum absolute atomic E-state index is 0. The largest absolute Gasteiger partial charge is 0.369 e. The molecule has 0 atom stereocenters. The molecule has 2 rings (SSSR count). The van der Waals surface area contributed by atoms with Crippen LogP contribution in [0.4, 0.5) is 5.95 Å². The Morgan fingerprint density at radius 3 is 2.47 bits per heavy atom. The van der Waals surface area contributed by atoms with E-state index in [2.05, 4.69) is 33.0 Å². The van der Waals surface area contributed by atoms with E-state index in [0.29, 0.717) is 5.95 Å². The van der Waals surface area contributed by atoms with Crippen LogP contribution in [-0.4, -0.2) is 9.55 Å². The van der Waals surface area contributed by atoms with Gasteiger partial charge in [-0.2, -0.15) is 0 Å². The smallest absolute Gasteiger partial charge is 0.200 e. The number of benzene rings is 1. The number of imidazole rings is 1. The predicted molar refractivity (Wildman–Crippen MR) is 67.1 cm³/mol. The van der Waals surface area contributed by atoms with Gasteiger partial charge >= 0.3 is 0 Å². The number of rotatable bonds is 2. The Hall–Kier alpha value is -1.000. The third-order valence-corrected chi connectivity index (χ3v) is 2.54. The minimum atomic E-state index is 0. The average Bonchev–Trinajstić information content (AvgIpc) is 2.56. The number of nitrogens with two attached hydrogens (primary N) is 1. The lowest BCUT2D eigenvalue weighted by Gasteiger charge is -2.04. The van der Waals surface area contributed by atoms with Crippen molar-refractivity contribution >= 4 is 34.3 Å². The third kappa shape index (κ3) is 2.97. The van der Waals surface area contributed by atoms with Crippen LogP contribution in [-0.2, 0) is 6.54 Å². The van der Waals surface area contributed by atoms with Crippen molar-refractivity contribution < 1.29 is 0 Å². The Labute approximate surface area is 103 Å². The van der Waals surface area contributed by atoms with Crippen LogP contribution in [0.25, 0.3) is 0 Å². The molecule has 0 spiro atoms. The maximum Gasteiger partial charge on any atom is 0.200 e. The van der Waals surface area contributed by atoms with E-state index in [9.17, 15) is 0 Å². The quantitative estimate of drug-likeness (QED) is 0.923. The summed E-state index contributed by atoms with van der Waals surface area (Å²) < 4.78 is 2.99. The highest BCUT2D eigenvalue weighted by Gasteiger charge is 1.98. The van der Waals surface area contributed by atoms with Crippen LogP contribution in [0.2, 0.25) is 0 Å². The summed E-state index contributed by atoms with van der Waals surface area (Å²) in [7, 11) is 0. The molecule has 0 aliphatic carbocycles. The standard InChI is InChI=1S/C10H10BrN3.ClH/c11-9-3-1-8(2-4-9)7-14-6-5-13-10(14)12;/h1-6H,7H2,(H2,12,13);1H. The number of halogens is 2. The number of aromatic nitrogens is 2. The minimum Gasteiger partial charge on any atom is -0.369 e. The van der Waals surface area contributed by atoms with E-state index in [1.807, 2.05) is 22.9 Å². The Morgan fingerprint density at radius 1 is 1.27 bits per heavy atom. The van der Waals surface area contributed by atoms with Gasteiger partial charge in [-0.05, 0) is 17.7 Å². The highest BCUT2D eigenvalue weighted by Crippen LogP contribution is 2.12. The van der Waals surface area contributed by atoms with Gasteiger partial charge in [0.2, 0.25) is 0 Å². The molecule has 0 aliphatic heterocycles. The zero-order chi connectivity index (χ0) is 9.97. The summed E-state index contributed by atoms with van der Waals surface area (Å²) >= 11 is 3.39. The summed E-state index contributed by atoms with van der Waals surface area (Å²) in [6.45, 7) is 0.763. The van der Waals surface area contributed by atoms with Crippen molar-refractivity contribution in [2.45, 2.75) is 6.54 Å². The first-order valence-corrected chi connectivity index (χ1v) is 5.06. The normalized spacial score (nSPS) is 9.67. The fourth-order valence-corrected chi connectivity index (χ4v) is 1.53. The van der Waals surface area contributed by atoms with Gasteiger partial charge < -0.3 is 10.3 Å². The second kappa shape index (κ2) is 5.19. The Morgan fingerprint density at radius 2 is 1.93 bits per heavy atom. The molecule has 0 unspecified atom stereocenters. The number of nitrogens with zero attached hydrogens (tertiary/aromatic N) is 2. The number of nitrogen functional groups attached to an aromatic ring is 1. The van der Waals surface area contributed by atoms with Gasteiger partial charge in [-0.1, -0.05) is 28.1 Å². The monoisotopic (exact) mass is 287 g/mol. The molecule has 1 aromatic heterocycles. The van der Waals surface area contributed by atoms with E-state index in [-0.39, 0.29) is 12.4 Å². The SMILES string of the molecule is Cl.Nc1nccn1Cc1ccc(Br)cc1. The third-order valence-electron chi connectivity index (χ3n) is 2.01. The summed E-state index contributed by atoms with van der Waals surface area (Å²) in [5, 5.41) is 0. The highest BCUT2D eigenvalue weighted by molar-refractivity contribution is 9.10. The number of hydrogen-bond donors (Lipinski definition) is 1. The summed E-state index contributed by atoms with van der Waals surface area (Å²) in [6.07, 6.45) is 3.57. The fraction of sp³-hybridized carbons (Fsp3) is 0.100. The van der Waals surface area contributed by atoms with Crippen LogP contribution in [0.15, 0.2) is 41.1 Å². The van der Waals surface area contributed by atoms with E-state index < -0.39 is 0 Å². The van der Waals surface area contributed by atoms with E-state index in [1.165, 1.54) is 5.56 Å². The van der Waals surface area contributed by atoms with Gasteiger partial charge in [0.05, 0.1) is 6.54 Å². The van der Waals surface area contributed by atoms with Crippen molar-refractivity contribution in [3.05, 3.63) is 46.7 Å². The lowest BCUT2D eigenvalue weighted by Crippen LogP contribution is -2.03. The van der Waals surface area contributed by atoms with Crippen molar-refractivity contribution in [3.63, 3.8) is 0 Å². The molecule has 0 amide bonds. The number of hydrogen-bond acceptors (Lipinski definition) is 2. The van der Waals surface area contributed by atoms with Gasteiger partial charge in [-0.15, -0.1) is 12.4 Å². The zero-order valence-corrected chi connectivity index (χ0v) is 10.3. The lowest BCUT2D eigenvalue weighted by molar-refractivity contribution is 0.811. The molecule has 0 radical (unpaired) electrons. The zero-order valence-electron chi connectivity index (χ0n) is 7.93. The van der Waals surface area contributed by atoms with E-state index in [4.69, 9.17) is 5.73 Å². The van der Waals surface area contributed by atoms with Crippen LogP contribution < -0.4 is 5.73 Å². The van der Waals surface area contributed by atoms with Crippen molar-refractivity contribution in [3.8, 4) is 0 Å². The van der Waals surface area contributed by atoms with Crippen LogP contribution in [0.3, 0.4) is 0 Å². The molecular weight excluding hydrogens is 277 g/mol. The molecular formula is C10H11BrClN3. The van der Waals surface area contributed by atoms with Gasteiger partial charge in [-0.25, -0.2) is 4.98 Å². The Kier molecular flexibility index (Phi) is 4.17. The first kappa shape index (κ1) is 12.1. The van der Waals surface area contributed by atoms with Crippen LogP contribution in [0.1, 0.15) is 5.56 Å². The van der Waals surface area contributed by atoms with E-state index >= 15 is 0 Å². The summed E-state index contributed by atoms with van der Waals surface area (Å²) in [6, 6.07) is 8.15. The molecule has 0 bridgehead atoms. The lowest BCUT2D eigenvalue weighted by atomic mass is 10.2. The molecule has 5 heteroatoms. The van der Waals surface area contributed by atoms with Crippen molar-refractivity contribution in [2.24, 2.45) is 0 Å². The van der Waals surface area contributed by atoms with Gasteiger partial charge in [0.1, 0.15) is 0 Å². The summed E-state index contributed by atoms with van der Waals surface area (Å²) in [4.78, 5) is 3.96. The Bertz CT molecular complexity index is 424. The summed E-state index contributed by atoms with van der Waals surface area (Å²) in [5.74, 6) is 0.549. The molecule has 2 N–H and O–H groups in total. The Balaban J connectivity index is 0.00000112. The highest BCUT2D eigenvalue weighted by atomic mass is 79.9. The molecule has 1 heterocycles. The van der Waals surface area contributed by atoms with Crippen molar-refractivity contribution in [2.75, 3.05) is 5.73 Å². The molecule has 15 heavy (non-hydrogen) atoms. The molecule has 80 valence electrons. The maximum atomic E-state index is 5.66. The first-order chi connectivity index (χ1) is 6.75. The molecule has 0 fully saturated rings. The number of anilines is 1. The van der Waals surface area contributed by atoms with Crippen LogP contribution in [0, 0.1) is 0 Å². The van der Waals surface area contributed by atoms with Crippen molar-refractivity contribution in [1.82, 2.24) is 9.55 Å². The second-order valence-corrected chi connectivity index (χ2v) is 3.96. The molecule has 2 aromatic rings. The predicted octanol–water partition coefficient (Wildman–Crippen LogP) is 2.70. The van der Waals surface area contributed by atoms with Gasteiger partial charge in [-0.3, -0.25) is 0 Å². The maximum absolute atomic E-state index is 5.66. The molecule has 0 saturated carbocycles. The molecule has 0 saturated heterocycles. The van der Waals surface area contributed by atoms with Crippen molar-refractivity contribution in [1.29, 1.82) is 0 Å². The summed E-state index contributed by atoms with van der Waals surface area (Å²) in [5.41, 5.74) is 6.87. The fourth-order valence-electron chi connectivity index (χ4n) is 1.26. The molecule has 3 nitrogen and oxygen atoms in total. The van der Waals surface area contributed by atoms with Crippen LogP contribution in [0.5, 0.6) is 0 Å². The van der Waals surface area contributed by atoms with Gasteiger partial charge in [0.15, 0.2) is 5.95 Å². The van der Waals surface area contributed by atoms with Gasteiger partial charge in [0, 0.05) is 16.9 Å². The average molecular weight is 289 g/mol. The topological polar surface area (TPSA) is 43.8 Å². The van der Waals surface area contributed by atoms with E-state index in [0.717, 1.165) is 11.0 Å². The van der Waals surface area contributed by atoms with Gasteiger partial charge in [0.25, 0.3) is 0 Å². The van der Waals surface area contributed by atoms with E-state index in [1.54, 1.807) is 6.20 Å². The molecule has 1 aromatic carbocycles. The molecule has 0 aliphatic rings.